The fourth-order valence-electron chi connectivity index (χ4n) is 7.29. The van der Waals surface area contributed by atoms with E-state index in [1.165, 1.54) is 0 Å². The van der Waals surface area contributed by atoms with E-state index in [1.54, 1.807) is 12.1 Å². The molecular weight excluding hydrogens is 593 g/mol. The van der Waals surface area contributed by atoms with Gasteiger partial charge in [-0.2, -0.15) is 0 Å². The van der Waals surface area contributed by atoms with Crippen LogP contribution in [0, 0.1) is 0 Å². The van der Waals surface area contributed by atoms with E-state index >= 15 is 0 Å². The molecule has 0 N–H and O–H groups in total. The number of hydrogen-bond donors (Lipinski definition) is 0. The number of rotatable bonds is 4. The minimum Gasteiger partial charge on any atom is -0.455 e. The minimum absolute atomic E-state index is 0.133. The van der Waals surface area contributed by atoms with E-state index in [0.29, 0.717) is 27.7 Å². The Kier molecular flexibility index (Phi) is 4.39. The highest BCUT2D eigenvalue weighted by Crippen LogP contribution is 2.46. The van der Waals surface area contributed by atoms with Crippen molar-refractivity contribution in [3.8, 4) is 44.5 Å². The molecule has 0 aliphatic carbocycles. The first kappa shape index (κ1) is 19.4. The molecule has 0 saturated heterocycles. The molecule has 1 heteroatoms. The third-order valence-corrected chi connectivity index (χ3v) is 9.43. The Balaban J connectivity index is 1.20. The van der Waals surface area contributed by atoms with Gasteiger partial charge in [0, 0.05) is 16.2 Å². The summed E-state index contributed by atoms with van der Waals surface area (Å²) in [5.74, 6) is 0. The van der Waals surface area contributed by atoms with Crippen LogP contribution in [0.15, 0.2) is 186 Å². The van der Waals surface area contributed by atoms with Crippen LogP contribution in [0.1, 0.15) is 13.7 Å². The van der Waals surface area contributed by atoms with Gasteiger partial charge in [-0.15, -0.1) is 0 Å². The molecule has 0 aliphatic rings. The van der Waals surface area contributed by atoms with Crippen LogP contribution < -0.4 is 0 Å². The summed E-state index contributed by atoms with van der Waals surface area (Å²) in [7, 11) is 0. The van der Waals surface area contributed by atoms with Crippen molar-refractivity contribution in [3.63, 3.8) is 0 Å². The smallest absolute Gasteiger partial charge is 0.143 e. The Hall–Kier alpha value is -6.44. The highest BCUT2D eigenvalue weighted by atomic mass is 16.3. The van der Waals surface area contributed by atoms with Crippen LogP contribution in [0.4, 0.5) is 0 Å². The summed E-state index contributed by atoms with van der Waals surface area (Å²) in [6.45, 7) is 0. The Morgan fingerprint density at radius 2 is 0.837 bits per heavy atom. The predicted molar refractivity (Wildman–Crippen MR) is 208 cm³/mol. The highest BCUT2D eigenvalue weighted by molar-refractivity contribution is 6.23. The van der Waals surface area contributed by atoms with E-state index < -0.39 is 24.2 Å². The lowest BCUT2D eigenvalue weighted by molar-refractivity contribution is 0.673. The molecule has 0 unspecified atom stereocenters. The standard InChI is InChI=1S/C48H30O/c1-3-13-31(14-4-1)32-23-25-34(26-24-32)46-37-18-8-10-20-39(37)47(40-21-11-9-19-38(40)46)35-27-28-45-43(29-35)44-30-42(33-15-5-2-6-16-33)36-17-7-12-22-41(36)48(44)49-45/h1-30H/i1D,2D,3D,4D,5D,6D,13D,14D,15D,16D. The molecule has 0 amide bonds. The fraction of sp³-hybridized carbons (Fsp3) is 0. The van der Waals surface area contributed by atoms with E-state index in [1.807, 2.05) is 78.9 Å². The maximum Gasteiger partial charge on any atom is 0.143 e. The SMILES string of the molecule is [2H]c1c([2H])c([2H])c(-c2ccc(-c3c4ccccc4c(-c4ccc5oc6c7ccccc7c(-c7c([2H])c([2H])c([2H])c([2H])c7[2H])cc6c5c4)c4ccccc34)cc2)c([2H])c1[2H]. The van der Waals surface area contributed by atoms with Crippen LogP contribution in [0.3, 0.4) is 0 Å². The van der Waals surface area contributed by atoms with Crippen LogP contribution >= 0.6 is 0 Å². The number of fused-ring (bicyclic) bond motifs is 7. The van der Waals surface area contributed by atoms with Crippen LogP contribution in [0.25, 0.3) is 98.8 Å². The van der Waals surface area contributed by atoms with Gasteiger partial charge in [0.1, 0.15) is 11.2 Å². The third-order valence-electron chi connectivity index (χ3n) is 9.43. The van der Waals surface area contributed by atoms with Crippen molar-refractivity contribution >= 4 is 54.3 Å². The molecule has 1 nitrogen and oxygen atoms in total. The number of hydrogen-bond acceptors (Lipinski definition) is 1. The van der Waals surface area contributed by atoms with Crippen molar-refractivity contribution in [2.45, 2.75) is 0 Å². The predicted octanol–water partition coefficient (Wildman–Crippen LogP) is 13.7. The summed E-state index contributed by atoms with van der Waals surface area (Å²) in [6, 6.07) is 36.0. The topological polar surface area (TPSA) is 13.1 Å². The van der Waals surface area contributed by atoms with Crippen LogP contribution in [0.2, 0.25) is 0 Å². The Morgan fingerprint density at radius 1 is 0.347 bits per heavy atom. The molecule has 0 atom stereocenters. The second kappa shape index (κ2) is 11.1. The van der Waals surface area contributed by atoms with Crippen molar-refractivity contribution < 1.29 is 18.1 Å². The van der Waals surface area contributed by atoms with E-state index in [-0.39, 0.29) is 47.4 Å². The number of benzene rings is 9. The molecule has 10 rings (SSSR count). The second-order valence-electron chi connectivity index (χ2n) is 12.1. The van der Waals surface area contributed by atoms with Crippen LogP contribution in [-0.4, -0.2) is 0 Å². The van der Waals surface area contributed by atoms with Crippen LogP contribution in [-0.2, 0) is 0 Å². The van der Waals surface area contributed by atoms with Gasteiger partial charge in [0.25, 0.3) is 0 Å². The number of furan rings is 1. The lowest BCUT2D eigenvalue weighted by Crippen LogP contribution is -1.91. The molecule has 1 aromatic heterocycles. The molecule has 0 fully saturated rings. The average molecular weight is 633 g/mol. The quantitative estimate of drug-likeness (QED) is 0.176. The molecule has 1 heterocycles. The van der Waals surface area contributed by atoms with Crippen molar-refractivity contribution in [2.75, 3.05) is 0 Å². The summed E-state index contributed by atoms with van der Waals surface area (Å²) in [4.78, 5) is 0. The van der Waals surface area contributed by atoms with Crippen LogP contribution in [0.5, 0.6) is 0 Å². The van der Waals surface area contributed by atoms with Crippen molar-refractivity contribution in [2.24, 2.45) is 0 Å². The molecule has 10 aromatic rings. The maximum absolute atomic E-state index is 8.82. The molecule has 0 saturated carbocycles. The molecular formula is C48H30O. The Morgan fingerprint density at radius 3 is 1.45 bits per heavy atom. The van der Waals surface area contributed by atoms with E-state index in [4.69, 9.17) is 18.1 Å². The Bertz CT molecular complexity index is 3330. The summed E-state index contributed by atoms with van der Waals surface area (Å²) >= 11 is 0. The monoisotopic (exact) mass is 632 g/mol. The Labute approximate surface area is 298 Å². The zero-order valence-corrected chi connectivity index (χ0v) is 26.0. The van der Waals surface area contributed by atoms with E-state index in [2.05, 4.69) is 30.3 Å². The van der Waals surface area contributed by atoms with Gasteiger partial charge in [0.05, 0.1) is 13.7 Å². The first-order valence-corrected chi connectivity index (χ1v) is 16.0. The molecule has 9 aromatic carbocycles. The molecule has 49 heavy (non-hydrogen) atoms. The van der Waals surface area contributed by atoms with Crippen molar-refractivity contribution in [1.82, 2.24) is 0 Å². The van der Waals surface area contributed by atoms with Gasteiger partial charge < -0.3 is 4.42 Å². The molecule has 0 aliphatic heterocycles. The van der Waals surface area contributed by atoms with Gasteiger partial charge in [-0.25, -0.2) is 0 Å². The summed E-state index contributed by atoms with van der Waals surface area (Å²) in [5, 5.41) is 7.08. The van der Waals surface area contributed by atoms with Gasteiger partial charge in [0.15, 0.2) is 0 Å². The fourth-order valence-corrected chi connectivity index (χ4v) is 7.29. The highest BCUT2D eigenvalue weighted by Gasteiger charge is 2.19. The van der Waals surface area contributed by atoms with Gasteiger partial charge >= 0.3 is 0 Å². The van der Waals surface area contributed by atoms with E-state index in [9.17, 15) is 0 Å². The first-order chi connectivity index (χ1) is 28.5. The average Bonchev–Trinajstić information content (AvgIpc) is 3.64. The summed E-state index contributed by atoms with van der Waals surface area (Å²) < 4.78 is 90.6. The van der Waals surface area contributed by atoms with Crippen molar-refractivity contribution in [3.05, 3.63) is 182 Å². The second-order valence-corrected chi connectivity index (χ2v) is 12.1. The summed E-state index contributed by atoms with van der Waals surface area (Å²) in [5.41, 5.74) is 6.48. The molecule has 0 spiro atoms. The van der Waals surface area contributed by atoms with Gasteiger partial charge in [-0.3, -0.25) is 0 Å². The van der Waals surface area contributed by atoms with Gasteiger partial charge in [-0.1, -0.05) is 164 Å². The lowest BCUT2D eigenvalue weighted by atomic mass is 9.85. The van der Waals surface area contributed by atoms with E-state index in [0.717, 1.165) is 60.0 Å². The lowest BCUT2D eigenvalue weighted by Gasteiger charge is -2.18. The maximum atomic E-state index is 8.82. The van der Waals surface area contributed by atoms with Crippen molar-refractivity contribution in [1.29, 1.82) is 0 Å². The molecule has 228 valence electrons. The van der Waals surface area contributed by atoms with Gasteiger partial charge in [0.2, 0.25) is 0 Å². The molecule has 0 bridgehead atoms. The largest absolute Gasteiger partial charge is 0.455 e. The molecule has 0 radical (unpaired) electrons. The summed E-state index contributed by atoms with van der Waals surface area (Å²) in [6.07, 6.45) is 0. The minimum atomic E-state index is -0.441. The normalized spacial score (nSPS) is 14.5. The van der Waals surface area contributed by atoms with Gasteiger partial charge in [-0.05, 0) is 89.6 Å². The third kappa shape index (κ3) is 4.40. The first-order valence-electron chi connectivity index (χ1n) is 21.0. The zero-order valence-electron chi connectivity index (χ0n) is 36.0. The zero-order chi connectivity index (χ0) is 41.0.